The first-order valence-electron chi connectivity index (χ1n) is 7.39. The summed E-state index contributed by atoms with van der Waals surface area (Å²) in [5.41, 5.74) is 14.2. The fraction of sp³-hybridized carbons (Fsp3) is 0.0500. The van der Waals surface area contributed by atoms with Crippen molar-refractivity contribution < 1.29 is 0 Å². The van der Waals surface area contributed by atoms with Crippen LogP contribution in [0.5, 0.6) is 0 Å². The molecule has 0 aliphatic heterocycles. The Morgan fingerprint density at radius 3 is 2.45 bits per heavy atom. The van der Waals surface area contributed by atoms with Crippen molar-refractivity contribution in [2.45, 2.75) is 6.42 Å². The Labute approximate surface area is 130 Å². The van der Waals surface area contributed by atoms with E-state index in [1.54, 1.807) is 0 Å². The van der Waals surface area contributed by atoms with Crippen molar-refractivity contribution in [1.82, 2.24) is 4.98 Å². The summed E-state index contributed by atoms with van der Waals surface area (Å²) in [6.07, 6.45) is 7.02. The number of rotatable bonds is 2. The number of aromatic nitrogens is 1. The molecule has 0 fully saturated rings. The van der Waals surface area contributed by atoms with Crippen LogP contribution in [-0.4, -0.2) is 4.98 Å². The molecule has 0 saturated heterocycles. The van der Waals surface area contributed by atoms with Crippen LogP contribution in [0.15, 0.2) is 67.0 Å². The largest absolute Gasteiger partial charge is 0.399 e. The van der Waals surface area contributed by atoms with Gasteiger partial charge in [0.25, 0.3) is 0 Å². The van der Waals surface area contributed by atoms with Crippen molar-refractivity contribution in [1.29, 1.82) is 0 Å². The number of nitrogens with zero attached hydrogens (tertiary/aromatic N) is 1. The quantitative estimate of drug-likeness (QED) is 0.707. The summed E-state index contributed by atoms with van der Waals surface area (Å²) in [6.45, 7) is 0. The van der Waals surface area contributed by atoms with Crippen molar-refractivity contribution in [3.63, 3.8) is 0 Å². The molecule has 2 nitrogen and oxygen atoms in total. The van der Waals surface area contributed by atoms with Gasteiger partial charge in [-0.25, -0.2) is 0 Å². The number of nitrogens with two attached hydrogens (primary N) is 1. The first-order chi connectivity index (χ1) is 10.8. The minimum absolute atomic E-state index is 0.794. The van der Waals surface area contributed by atoms with Gasteiger partial charge in [-0.15, -0.1) is 0 Å². The highest BCUT2D eigenvalue weighted by Crippen LogP contribution is 2.32. The van der Waals surface area contributed by atoms with E-state index in [2.05, 4.69) is 47.5 Å². The third-order valence-corrected chi connectivity index (χ3v) is 4.13. The Morgan fingerprint density at radius 2 is 1.68 bits per heavy atom. The van der Waals surface area contributed by atoms with E-state index in [-0.39, 0.29) is 0 Å². The maximum Gasteiger partial charge on any atom is 0.0320 e. The third-order valence-electron chi connectivity index (χ3n) is 4.13. The lowest BCUT2D eigenvalue weighted by Gasteiger charge is -2.06. The van der Waals surface area contributed by atoms with Crippen LogP contribution in [0.1, 0.15) is 16.7 Å². The standard InChI is InChI=1S/C20H16N2/c21-20-3-1-2-16(12-20)14-4-6-15(7-5-14)18-10-17-8-9-22-13-19(17)11-18/h1-10,12-13H,11,21H2. The minimum atomic E-state index is 0.794. The molecule has 0 unspecified atom stereocenters. The molecular weight excluding hydrogens is 268 g/mol. The average Bonchev–Trinajstić information content (AvgIpc) is 2.99. The second-order valence-electron chi connectivity index (χ2n) is 5.62. The Hall–Kier alpha value is -2.87. The van der Waals surface area contributed by atoms with Gasteiger partial charge >= 0.3 is 0 Å². The van der Waals surface area contributed by atoms with Gasteiger partial charge in [-0.2, -0.15) is 0 Å². The Balaban J connectivity index is 1.64. The van der Waals surface area contributed by atoms with Crippen LogP contribution in [-0.2, 0) is 6.42 Å². The van der Waals surface area contributed by atoms with Crippen LogP contribution in [0.4, 0.5) is 5.69 Å². The predicted molar refractivity (Wildman–Crippen MR) is 92.1 cm³/mol. The second kappa shape index (κ2) is 5.15. The summed E-state index contributed by atoms with van der Waals surface area (Å²) >= 11 is 0. The first-order valence-corrected chi connectivity index (χ1v) is 7.39. The molecule has 1 aliphatic rings. The topological polar surface area (TPSA) is 38.9 Å². The number of allylic oxidation sites excluding steroid dienone is 1. The number of pyridine rings is 1. The number of benzene rings is 2. The Bertz CT molecular complexity index is 861. The fourth-order valence-corrected chi connectivity index (χ4v) is 2.95. The lowest BCUT2D eigenvalue weighted by molar-refractivity contribution is 1.22. The van der Waals surface area contributed by atoms with E-state index in [9.17, 15) is 0 Å². The van der Waals surface area contributed by atoms with Crippen LogP contribution in [0.3, 0.4) is 0 Å². The number of hydrogen-bond donors (Lipinski definition) is 1. The maximum absolute atomic E-state index is 5.86. The molecule has 2 aromatic carbocycles. The summed E-state index contributed by atoms with van der Waals surface area (Å²) < 4.78 is 0. The number of anilines is 1. The normalized spacial score (nSPS) is 12.8. The van der Waals surface area contributed by atoms with E-state index >= 15 is 0 Å². The smallest absolute Gasteiger partial charge is 0.0320 e. The highest BCUT2D eigenvalue weighted by Gasteiger charge is 2.13. The van der Waals surface area contributed by atoms with E-state index < -0.39 is 0 Å². The molecule has 1 aromatic heterocycles. The lowest BCUT2D eigenvalue weighted by atomic mass is 9.99. The molecule has 1 aliphatic carbocycles. The third kappa shape index (κ3) is 2.29. The molecule has 0 saturated carbocycles. The van der Waals surface area contributed by atoms with Gasteiger partial charge in [-0.1, -0.05) is 42.5 Å². The van der Waals surface area contributed by atoms with Gasteiger partial charge in [0.05, 0.1) is 0 Å². The van der Waals surface area contributed by atoms with Crippen LogP contribution < -0.4 is 5.73 Å². The van der Waals surface area contributed by atoms with Crippen LogP contribution >= 0.6 is 0 Å². The summed E-state index contributed by atoms with van der Waals surface area (Å²) in [4.78, 5) is 4.20. The molecule has 106 valence electrons. The van der Waals surface area contributed by atoms with E-state index in [1.807, 2.05) is 30.6 Å². The van der Waals surface area contributed by atoms with Gasteiger partial charge in [0, 0.05) is 24.5 Å². The molecule has 0 atom stereocenters. The monoisotopic (exact) mass is 284 g/mol. The van der Waals surface area contributed by atoms with Crippen molar-refractivity contribution in [3.8, 4) is 11.1 Å². The molecular formula is C20H16N2. The van der Waals surface area contributed by atoms with E-state index in [0.717, 1.165) is 17.7 Å². The molecule has 1 heterocycles. The zero-order valence-corrected chi connectivity index (χ0v) is 12.2. The summed E-state index contributed by atoms with van der Waals surface area (Å²) in [5, 5.41) is 0. The molecule has 2 N–H and O–H groups in total. The molecule has 0 spiro atoms. The molecule has 0 bridgehead atoms. The molecule has 3 aromatic rings. The van der Waals surface area contributed by atoms with E-state index in [0.29, 0.717) is 0 Å². The van der Waals surface area contributed by atoms with Crippen LogP contribution in [0.2, 0.25) is 0 Å². The zero-order valence-electron chi connectivity index (χ0n) is 12.2. The van der Waals surface area contributed by atoms with Crippen molar-refractivity contribution in [3.05, 3.63) is 83.7 Å². The Kier molecular flexibility index (Phi) is 3.01. The van der Waals surface area contributed by atoms with Gasteiger partial charge in [-0.3, -0.25) is 4.98 Å². The van der Waals surface area contributed by atoms with E-state index in [4.69, 9.17) is 5.73 Å². The Morgan fingerprint density at radius 1 is 0.864 bits per heavy atom. The number of hydrogen-bond acceptors (Lipinski definition) is 2. The number of nitrogen functional groups attached to an aromatic ring is 1. The van der Waals surface area contributed by atoms with E-state index in [1.165, 1.54) is 27.8 Å². The van der Waals surface area contributed by atoms with Crippen molar-refractivity contribution in [2.24, 2.45) is 0 Å². The molecule has 2 heteroatoms. The van der Waals surface area contributed by atoms with Crippen LogP contribution in [0.25, 0.3) is 22.8 Å². The minimum Gasteiger partial charge on any atom is -0.399 e. The average molecular weight is 284 g/mol. The summed E-state index contributed by atoms with van der Waals surface area (Å²) in [7, 11) is 0. The SMILES string of the molecule is Nc1cccc(-c2ccc(C3=Cc4ccncc4C3)cc2)c1. The summed E-state index contributed by atoms with van der Waals surface area (Å²) in [6, 6.07) is 18.7. The molecule has 22 heavy (non-hydrogen) atoms. The van der Waals surface area contributed by atoms with Gasteiger partial charge in [0.2, 0.25) is 0 Å². The maximum atomic E-state index is 5.86. The molecule has 0 radical (unpaired) electrons. The van der Waals surface area contributed by atoms with Crippen LogP contribution in [0, 0.1) is 0 Å². The summed E-state index contributed by atoms with van der Waals surface area (Å²) in [5.74, 6) is 0. The van der Waals surface area contributed by atoms with Gasteiger partial charge in [0.1, 0.15) is 0 Å². The highest BCUT2D eigenvalue weighted by atomic mass is 14.6. The first kappa shape index (κ1) is 12.8. The predicted octanol–water partition coefficient (Wildman–Crippen LogP) is 4.43. The van der Waals surface area contributed by atoms with Crippen molar-refractivity contribution >= 4 is 17.3 Å². The van der Waals surface area contributed by atoms with Gasteiger partial charge in [-0.05, 0) is 51.6 Å². The molecule has 0 amide bonds. The second-order valence-corrected chi connectivity index (χ2v) is 5.62. The fourth-order valence-electron chi connectivity index (χ4n) is 2.95. The molecule has 4 rings (SSSR count). The lowest BCUT2D eigenvalue weighted by Crippen LogP contribution is -1.88. The van der Waals surface area contributed by atoms with Gasteiger partial charge < -0.3 is 5.73 Å². The van der Waals surface area contributed by atoms with Gasteiger partial charge in [0.15, 0.2) is 0 Å². The number of fused-ring (bicyclic) bond motifs is 1. The zero-order chi connectivity index (χ0) is 14.9. The van der Waals surface area contributed by atoms with Crippen molar-refractivity contribution in [2.75, 3.05) is 5.73 Å². The highest BCUT2D eigenvalue weighted by molar-refractivity contribution is 5.88.